The molecule has 2 rings (SSSR count). The Bertz CT molecular complexity index is 327. The molecule has 0 bridgehead atoms. The first kappa shape index (κ1) is 9.27. The summed E-state index contributed by atoms with van der Waals surface area (Å²) in [5.41, 5.74) is 0.673. The molecule has 1 aromatic rings. The van der Waals surface area contributed by atoms with Crippen LogP contribution in [0, 0.1) is 0 Å². The second-order valence-corrected chi connectivity index (χ2v) is 3.45. The van der Waals surface area contributed by atoms with Gasteiger partial charge in [0.15, 0.2) is 0 Å². The zero-order valence-corrected chi connectivity index (χ0v) is 8.27. The van der Waals surface area contributed by atoms with Gasteiger partial charge >= 0.3 is 0 Å². The predicted octanol–water partition coefficient (Wildman–Crippen LogP) is 1.19. The highest BCUT2D eigenvalue weighted by molar-refractivity contribution is 5.92. The summed E-state index contributed by atoms with van der Waals surface area (Å²) in [5.74, 6) is -0.0443. The summed E-state index contributed by atoms with van der Waals surface area (Å²) in [6.45, 7) is 1.35. The monoisotopic (exact) mass is 194 g/mol. The van der Waals surface area contributed by atoms with Crippen LogP contribution in [0.25, 0.3) is 0 Å². The van der Waals surface area contributed by atoms with Crippen molar-refractivity contribution in [1.82, 2.24) is 9.63 Å². The van der Waals surface area contributed by atoms with Crippen LogP contribution in [0.3, 0.4) is 0 Å². The normalized spacial score (nSPS) is 17.1. The summed E-state index contributed by atoms with van der Waals surface area (Å²) >= 11 is 0. The van der Waals surface area contributed by atoms with Crippen LogP contribution in [0.2, 0.25) is 0 Å². The Balaban J connectivity index is 2.11. The van der Waals surface area contributed by atoms with Crippen molar-refractivity contribution in [3.8, 4) is 0 Å². The summed E-state index contributed by atoms with van der Waals surface area (Å²) in [6.07, 6.45) is 3.92. The van der Waals surface area contributed by atoms with Crippen LogP contribution in [-0.2, 0) is 11.9 Å². The summed E-state index contributed by atoms with van der Waals surface area (Å²) in [4.78, 5) is 17.2. The first-order valence-electron chi connectivity index (χ1n) is 4.85. The van der Waals surface area contributed by atoms with Crippen LogP contribution < -0.4 is 0 Å². The molecule has 1 amide bonds. The number of amides is 1. The van der Waals surface area contributed by atoms with Crippen molar-refractivity contribution in [1.29, 1.82) is 0 Å². The van der Waals surface area contributed by atoms with Gasteiger partial charge < -0.3 is 4.57 Å². The van der Waals surface area contributed by atoms with Gasteiger partial charge in [-0.05, 0) is 25.0 Å². The number of carbonyl (C=O) groups excluding carboxylic acids is 1. The molecule has 76 valence electrons. The Hall–Kier alpha value is -1.29. The van der Waals surface area contributed by atoms with Gasteiger partial charge in [0, 0.05) is 19.8 Å². The van der Waals surface area contributed by atoms with E-state index in [0.29, 0.717) is 18.8 Å². The van der Waals surface area contributed by atoms with Crippen molar-refractivity contribution in [2.45, 2.75) is 12.8 Å². The van der Waals surface area contributed by atoms with Crippen molar-refractivity contribution in [3.05, 3.63) is 24.0 Å². The largest absolute Gasteiger partial charge is 0.347 e. The molecule has 0 unspecified atom stereocenters. The van der Waals surface area contributed by atoms with E-state index < -0.39 is 0 Å². The van der Waals surface area contributed by atoms with Gasteiger partial charge in [-0.25, -0.2) is 5.06 Å². The van der Waals surface area contributed by atoms with Crippen LogP contribution in [0.4, 0.5) is 0 Å². The zero-order chi connectivity index (χ0) is 9.97. The Labute approximate surface area is 83.0 Å². The molecule has 0 saturated carbocycles. The van der Waals surface area contributed by atoms with E-state index in [2.05, 4.69) is 0 Å². The molecule has 1 aromatic heterocycles. The maximum absolute atomic E-state index is 11.9. The predicted molar refractivity (Wildman–Crippen MR) is 51.6 cm³/mol. The second-order valence-electron chi connectivity index (χ2n) is 3.45. The molecule has 4 nitrogen and oxygen atoms in total. The molecule has 0 aromatic carbocycles. The van der Waals surface area contributed by atoms with E-state index in [4.69, 9.17) is 4.84 Å². The van der Waals surface area contributed by atoms with Gasteiger partial charge in [0.1, 0.15) is 5.69 Å². The molecular weight excluding hydrogens is 180 g/mol. The molecule has 14 heavy (non-hydrogen) atoms. The standard InChI is InChI=1S/C10H14N2O2/c1-11-6-4-5-9(11)10(13)12-7-2-3-8-14-12/h4-6H,2-3,7-8H2,1H3. The number of rotatable bonds is 1. The molecule has 4 heteroatoms. The van der Waals surface area contributed by atoms with Gasteiger partial charge in [-0.2, -0.15) is 0 Å². The third-order valence-corrected chi connectivity index (χ3v) is 2.39. The lowest BCUT2D eigenvalue weighted by atomic mass is 10.3. The molecular formula is C10H14N2O2. The van der Waals surface area contributed by atoms with E-state index in [0.717, 1.165) is 12.8 Å². The van der Waals surface area contributed by atoms with E-state index in [1.54, 1.807) is 10.6 Å². The van der Waals surface area contributed by atoms with Gasteiger partial charge in [0.2, 0.25) is 0 Å². The van der Waals surface area contributed by atoms with Crippen molar-refractivity contribution in [3.63, 3.8) is 0 Å². The van der Waals surface area contributed by atoms with E-state index in [1.165, 1.54) is 5.06 Å². The van der Waals surface area contributed by atoms with Crippen molar-refractivity contribution < 1.29 is 9.63 Å². The lowest BCUT2D eigenvalue weighted by Gasteiger charge is -2.25. The molecule has 1 aliphatic rings. The van der Waals surface area contributed by atoms with E-state index >= 15 is 0 Å². The fraction of sp³-hybridized carbons (Fsp3) is 0.500. The maximum Gasteiger partial charge on any atom is 0.294 e. The fourth-order valence-electron chi connectivity index (χ4n) is 1.57. The number of aromatic nitrogens is 1. The molecule has 1 fully saturated rings. The summed E-state index contributed by atoms with van der Waals surface area (Å²) in [5, 5.41) is 1.46. The SMILES string of the molecule is Cn1cccc1C(=O)N1CCCCO1. The molecule has 0 radical (unpaired) electrons. The summed E-state index contributed by atoms with van der Waals surface area (Å²) < 4.78 is 1.81. The van der Waals surface area contributed by atoms with Gasteiger partial charge in [0.05, 0.1) is 6.61 Å². The quantitative estimate of drug-likeness (QED) is 0.673. The number of aryl methyl sites for hydroxylation is 1. The molecule has 1 aliphatic heterocycles. The molecule has 2 heterocycles. The maximum atomic E-state index is 11.9. The molecule has 0 atom stereocenters. The van der Waals surface area contributed by atoms with Gasteiger partial charge in [-0.3, -0.25) is 9.63 Å². The average Bonchev–Trinajstić information content (AvgIpc) is 2.65. The minimum Gasteiger partial charge on any atom is -0.347 e. The second kappa shape index (κ2) is 3.84. The molecule has 0 N–H and O–H groups in total. The fourth-order valence-corrected chi connectivity index (χ4v) is 1.57. The van der Waals surface area contributed by atoms with Crippen molar-refractivity contribution in [2.24, 2.45) is 7.05 Å². The lowest BCUT2D eigenvalue weighted by molar-refractivity contribution is -0.144. The smallest absolute Gasteiger partial charge is 0.294 e. The topological polar surface area (TPSA) is 34.5 Å². The minimum absolute atomic E-state index is 0.0443. The van der Waals surface area contributed by atoms with Crippen LogP contribution >= 0.6 is 0 Å². The Kier molecular flexibility index (Phi) is 2.54. The van der Waals surface area contributed by atoms with Crippen molar-refractivity contribution >= 4 is 5.91 Å². The Morgan fingerprint density at radius 1 is 1.50 bits per heavy atom. The lowest BCUT2D eigenvalue weighted by Crippen LogP contribution is -2.36. The minimum atomic E-state index is -0.0443. The van der Waals surface area contributed by atoms with Gasteiger partial charge in [-0.1, -0.05) is 0 Å². The van der Waals surface area contributed by atoms with E-state index in [9.17, 15) is 4.79 Å². The van der Waals surface area contributed by atoms with E-state index in [-0.39, 0.29) is 5.91 Å². The number of nitrogens with zero attached hydrogens (tertiary/aromatic N) is 2. The summed E-state index contributed by atoms with van der Waals surface area (Å²) in [7, 11) is 1.86. The molecule has 0 aliphatic carbocycles. The first-order chi connectivity index (χ1) is 6.79. The average molecular weight is 194 g/mol. The van der Waals surface area contributed by atoms with Crippen molar-refractivity contribution in [2.75, 3.05) is 13.2 Å². The Morgan fingerprint density at radius 3 is 2.93 bits per heavy atom. The number of hydrogen-bond acceptors (Lipinski definition) is 2. The van der Waals surface area contributed by atoms with Crippen LogP contribution in [-0.4, -0.2) is 28.7 Å². The van der Waals surface area contributed by atoms with Crippen LogP contribution in [0.1, 0.15) is 23.3 Å². The highest BCUT2D eigenvalue weighted by Gasteiger charge is 2.20. The molecule has 1 saturated heterocycles. The molecule has 0 spiro atoms. The first-order valence-corrected chi connectivity index (χ1v) is 4.85. The van der Waals surface area contributed by atoms with E-state index in [1.807, 2.05) is 19.3 Å². The Morgan fingerprint density at radius 2 is 2.36 bits per heavy atom. The third kappa shape index (κ3) is 1.65. The van der Waals surface area contributed by atoms with Gasteiger partial charge in [0.25, 0.3) is 5.91 Å². The van der Waals surface area contributed by atoms with Crippen LogP contribution in [0.15, 0.2) is 18.3 Å². The summed E-state index contributed by atoms with van der Waals surface area (Å²) in [6, 6.07) is 3.66. The third-order valence-electron chi connectivity index (χ3n) is 2.39. The highest BCUT2D eigenvalue weighted by Crippen LogP contribution is 2.11. The van der Waals surface area contributed by atoms with Gasteiger partial charge in [-0.15, -0.1) is 0 Å². The number of carbonyl (C=O) groups is 1. The van der Waals surface area contributed by atoms with Crippen LogP contribution in [0.5, 0.6) is 0 Å². The zero-order valence-electron chi connectivity index (χ0n) is 8.27. The number of hydroxylamine groups is 2. The highest BCUT2D eigenvalue weighted by atomic mass is 16.7. The number of hydrogen-bond donors (Lipinski definition) is 0.